The molecule has 3 aromatic carbocycles. The summed E-state index contributed by atoms with van der Waals surface area (Å²) in [6.45, 7) is 6.52. The van der Waals surface area contributed by atoms with Crippen LogP contribution in [0.3, 0.4) is 0 Å². The first-order valence-corrected chi connectivity index (χ1v) is 12.6. The molecule has 35 heavy (non-hydrogen) atoms. The van der Waals surface area contributed by atoms with E-state index >= 15 is 0 Å². The summed E-state index contributed by atoms with van der Waals surface area (Å²) in [7, 11) is 1.79. The van der Waals surface area contributed by atoms with Crippen molar-refractivity contribution in [1.29, 1.82) is 0 Å². The second kappa shape index (κ2) is 11.0. The van der Waals surface area contributed by atoms with Crippen molar-refractivity contribution in [2.75, 3.05) is 7.05 Å². The Hall–Kier alpha value is -3.23. The van der Waals surface area contributed by atoms with E-state index in [1.54, 1.807) is 7.05 Å². The van der Waals surface area contributed by atoms with E-state index in [0.29, 0.717) is 5.02 Å². The summed E-state index contributed by atoms with van der Waals surface area (Å²) in [5.74, 6) is 0. The van der Waals surface area contributed by atoms with Crippen molar-refractivity contribution in [3.63, 3.8) is 0 Å². The molecule has 2 nitrogen and oxygen atoms in total. The van der Waals surface area contributed by atoms with Crippen LogP contribution in [0.1, 0.15) is 46.7 Å². The third kappa shape index (κ3) is 5.89. The van der Waals surface area contributed by atoms with Crippen molar-refractivity contribution >= 4 is 35.3 Å². The van der Waals surface area contributed by atoms with Crippen LogP contribution in [0.4, 0.5) is 5.69 Å². The average molecular weight is 481 g/mol. The molecule has 0 fully saturated rings. The van der Waals surface area contributed by atoms with Crippen LogP contribution in [0.5, 0.6) is 0 Å². The third-order valence-corrected chi connectivity index (χ3v) is 7.12. The van der Waals surface area contributed by atoms with Gasteiger partial charge in [-0.05, 0) is 77.8 Å². The second-order valence-corrected chi connectivity index (χ2v) is 9.97. The van der Waals surface area contributed by atoms with E-state index in [4.69, 9.17) is 16.6 Å². The first-order chi connectivity index (χ1) is 16.9. The highest BCUT2D eigenvalue weighted by molar-refractivity contribution is 6.33. The molecule has 1 atom stereocenters. The van der Waals surface area contributed by atoms with Gasteiger partial charge in [0.15, 0.2) is 0 Å². The lowest BCUT2D eigenvalue weighted by molar-refractivity contribution is 0.525. The van der Waals surface area contributed by atoms with Crippen LogP contribution in [-0.4, -0.2) is 19.5 Å². The zero-order chi connectivity index (χ0) is 24.8. The SMILES string of the molecule is CN=Cc1ccc(CC=Nc2c(C)cc(C3=CC=CC3(C)CCc3ccccc3)cc2Cl)cc1C. The van der Waals surface area contributed by atoms with Gasteiger partial charge in [0.05, 0.1) is 10.7 Å². The van der Waals surface area contributed by atoms with E-state index in [1.807, 2.05) is 12.4 Å². The van der Waals surface area contributed by atoms with Gasteiger partial charge in [0.25, 0.3) is 0 Å². The molecule has 0 radical (unpaired) electrons. The van der Waals surface area contributed by atoms with Gasteiger partial charge in [0.2, 0.25) is 0 Å². The topological polar surface area (TPSA) is 24.7 Å². The van der Waals surface area contributed by atoms with E-state index in [1.165, 1.54) is 27.8 Å². The molecule has 4 rings (SSSR count). The van der Waals surface area contributed by atoms with Crippen molar-refractivity contribution in [2.24, 2.45) is 15.4 Å². The van der Waals surface area contributed by atoms with Crippen LogP contribution in [0, 0.1) is 19.3 Å². The van der Waals surface area contributed by atoms with Gasteiger partial charge in [-0.1, -0.05) is 85.3 Å². The zero-order valence-electron chi connectivity index (χ0n) is 21.1. The number of hydrogen-bond donors (Lipinski definition) is 0. The fraction of sp³-hybridized carbons (Fsp3) is 0.250. The molecule has 3 heteroatoms. The lowest BCUT2D eigenvalue weighted by Gasteiger charge is -2.27. The molecule has 0 aliphatic heterocycles. The Balaban J connectivity index is 1.49. The summed E-state index contributed by atoms with van der Waals surface area (Å²) in [6.07, 6.45) is 13.4. The number of aryl methyl sites for hydroxylation is 3. The molecule has 1 aliphatic carbocycles. The van der Waals surface area contributed by atoms with Gasteiger partial charge in [-0.25, -0.2) is 0 Å². The number of aliphatic imine (C=N–C) groups is 2. The van der Waals surface area contributed by atoms with Gasteiger partial charge in [-0.3, -0.25) is 9.98 Å². The lowest BCUT2D eigenvalue weighted by Crippen LogP contribution is -2.15. The minimum atomic E-state index is -0.0110. The summed E-state index contributed by atoms with van der Waals surface area (Å²) >= 11 is 6.77. The van der Waals surface area contributed by atoms with Gasteiger partial charge in [-0.15, -0.1) is 0 Å². The van der Waals surface area contributed by atoms with Crippen molar-refractivity contribution in [2.45, 2.75) is 40.0 Å². The molecule has 0 saturated carbocycles. The predicted molar refractivity (Wildman–Crippen MR) is 153 cm³/mol. The normalized spacial score (nSPS) is 17.6. The molecule has 178 valence electrons. The number of hydrogen-bond acceptors (Lipinski definition) is 2. The summed E-state index contributed by atoms with van der Waals surface area (Å²) in [4.78, 5) is 8.86. The quantitative estimate of drug-likeness (QED) is 0.288. The number of halogens is 1. The maximum Gasteiger partial charge on any atom is 0.0841 e. The molecular formula is C32H33ClN2. The van der Waals surface area contributed by atoms with Gasteiger partial charge < -0.3 is 0 Å². The van der Waals surface area contributed by atoms with Crippen molar-refractivity contribution in [3.05, 3.63) is 117 Å². The molecule has 0 heterocycles. The van der Waals surface area contributed by atoms with Gasteiger partial charge in [-0.2, -0.15) is 0 Å². The monoisotopic (exact) mass is 480 g/mol. The molecule has 3 aromatic rings. The Morgan fingerprint density at radius 3 is 2.46 bits per heavy atom. The molecule has 0 aromatic heterocycles. The second-order valence-electron chi connectivity index (χ2n) is 9.56. The maximum absolute atomic E-state index is 6.77. The van der Waals surface area contributed by atoms with E-state index in [-0.39, 0.29) is 5.41 Å². The lowest BCUT2D eigenvalue weighted by atomic mass is 9.76. The van der Waals surface area contributed by atoms with E-state index in [2.05, 4.69) is 105 Å². The highest BCUT2D eigenvalue weighted by atomic mass is 35.5. The van der Waals surface area contributed by atoms with Crippen LogP contribution in [-0.2, 0) is 12.8 Å². The first-order valence-electron chi connectivity index (χ1n) is 12.2. The fourth-order valence-corrected chi connectivity index (χ4v) is 5.09. The molecule has 1 unspecified atom stereocenters. The molecule has 1 aliphatic rings. The zero-order valence-corrected chi connectivity index (χ0v) is 21.8. The van der Waals surface area contributed by atoms with Gasteiger partial charge >= 0.3 is 0 Å². The number of benzene rings is 3. The summed E-state index contributed by atoms with van der Waals surface area (Å²) in [6, 6.07) is 21.4. The fourth-order valence-electron chi connectivity index (χ4n) is 4.78. The molecule has 0 amide bonds. The maximum atomic E-state index is 6.77. The molecule has 0 saturated heterocycles. The Labute approximate surface area is 214 Å². The molecular weight excluding hydrogens is 448 g/mol. The largest absolute Gasteiger partial charge is 0.296 e. The summed E-state index contributed by atoms with van der Waals surface area (Å²) < 4.78 is 0. The standard InChI is InChI=1S/C32H33ClN2/c1-23-19-26(12-13-27(23)22-34-4)15-18-35-31-24(2)20-28(21-30(31)33)29-11-8-16-32(29,3)17-14-25-9-6-5-7-10-25/h5-13,16,18-22H,14-15,17H2,1-4H3. The van der Waals surface area contributed by atoms with Crippen molar-refractivity contribution in [1.82, 2.24) is 0 Å². The smallest absolute Gasteiger partial charge is 0.0841 e. The molecule has 0 N–H and O–H groups in total. The number of nitrogens with zero attached hydrogens (tertiary/aromatic N) is 2. The Morgan fingerprint density at radius 1 is 0.943 bits per heavy atom. The minimum absolute atomic E-state index is 0.0110. The molecule has 0 bridgehead atoms. The van der Waals surface area contributed by atoms with Crippen molar-refractivity contribution < 1.29 is 0 Å². The number of allylic oxidation sites excluding steroid dienone is 4. The van der Waals surface area contributed by atoms with Crippen LogP contribution in [0.15, 0.2) is 88.9 Å². The summed E-state index contributed by atoms with van der Waals surface area (Å²) in [5, 5.41) is 0.695. The average Bonchev–Trinajstić information content (AvgIpc) is 3.23. The first kappa shape index (κ1) is 24.9. The highest BCUT2D eigenvalue weighted by Crippen LogP contribution is 2.45. The third-order valence-electron chi connectivity index (χ3n) is 6.83. The van der Waals surface area contributed by atoms with Crippen molar-refractivity contribution in [3.8, 4) is 0 Å². The van der Waals surface area contributed by atoms with Crippen LogP contribution >= 0.6 is 11.6 Å². The highest BCUT2D eigenvalue weighted by Gasteiger charge is 2.30. The van der Waals surface area contributed by atoms with E-state index in [9.17, 15) is 0 Å². The van der Waals surface area contributed by atoms with E-state index in [0.717, 1.165) is 36.1 Å². The summed E-state index contributed by atoms with van der Waals surface area (Å²) in [5.41, 5.74) is 9.38. The van der Waals surface area contributed by atoms with Gasteiger partial charge in [0, 0.05) is 31.3 Å². The molecule has 0 spiro atoms. The Kier molecular flexibility index (Phi) is 7.83. The predicted octanol–water partition coefficient (Wildman–Crippen LogP) is 8.54. The Morgan fingerprint density at radius 2 is 1.74 bits per heavy atom. The Bertz CT molecular complexity index is 1290. The number of rotatable bonds is 8. The van der Waals surface area contributed by atoms with Gasteiger partial charge in [0.1, 0.15) is 0 Å². The van der Waals surface area contributed by atoms with Crippen LogP contribution in [0.2, 0.25) is 5.02 Å². The van der Waals surface area contributed by atoms with Crippen LogP contribution in [0.25, 0.3) is 5.57 Å². The van der Waals surface area contributed by atoms with E-state index < -0.39 is 0 Å². The minimum Gasteiger partial charge on any atom is -0.296 e. The van der Waals surface area contributed by atoms with Crippen LogP contribution < -0.4 is 0 Å².